The lowest BCUT2D eigenvalue weighted by Gasteiger charge is -2.35. The topological polar surface area (TPSA) is 61.9 Å². The van der Waals surface area contributed by atoms with Crippen molar-refractivity contribution in [1.82, 2.24) is 14.5 Å². The summed E-state index contributed by atoms with van der Waals surface area (Å²) in [7, 11) is -3.45. The maximum absolute atomic E-state index is 12.9. The largest absolute Gasteiger partial charge is 0.376 e. The average Bonchev–Trinajstić information content (AvgIpc) is 3.20. The summed E-state index contributed by atoms with van der Waals surface area (Å²) in [6, 6.07) is 7.27. The van der Waals surface area contributed by atoms with E-state index in [1.807, 2.05) is 17.0 Å². The van der Waals surface area contributed by atoms with E-state index in [-0.39, 0.29) is 6.10 Å². The van der Waals surface area contributed by atoms with Gasteiger partial charge in [-0.05, 0) is 49.2 Å². The Kier molecular flexibility index (Phi) is 7.08. The van der Waals surface area contributed by atoms with Crippen LogP contribution >= 0.6 is 12.2 Å². The van der Waals surface area contributed by atoms with Gasteiger partial charge >= 0.3 is 0 Å². The predicted molar refractivity (Wildman–Crippen MR) is 110 cm³/mol. The van der Waals surface area contributed by atoms with Gasteiger partial charge in [-0.25, -0.2) is 8.42 Å². The Hall–Kier alpha value is -1.22. The van der Waals surface area contributed by atoms with E-state index in [9.17, 15) is 8.42 Å². The van der Waals surface area contributed by atoms with Crippen molar-refractivity contribution in [2.45, 2.75) is 43.6 Å². The molecule has 0 bridgehead atoms. The lowest BCUT2D eigenvalue weighted by molar-refractivity contribution is 0.113. The fraction of sp³-hybridized carbons (Fsp3) is 0.632. The molecule has 0 saturated carbocycles. The third kappa shape index (κ3) is 5.19. The highest BCUT2D eigenvalue weighted by molar-refractivity contribution is 7.89. The van der Waals surface area contributed by atoms with Gasteiger partial charge < -0.3 is 15.0 Å². The molecule has 6 nitrogen and oxygen atoms in total. The molecule has 1 N–H and O–H groups in total. The smallest absolute Gasteiger partial charge is 0.243 e. The van der Waals surface area contributed by atoms with E-state index >= 15 is 0 Å². The molecule has 0 aliphatic carbocycles. The number of thiocarbonyl (C=S) groups is 1. The van der Waals surface area contributed by atoms with Crippen LogP contribution in [-0.4, -0.2) is 68.2 Å². The number of benzene rings is 1. The van der Waals surface area contributed by atoms with E-state index in [0.717, 1.165) is 38.8 Å². The first-order chi connectivity index (χ1) is 13.0. The molecule has 1 aromatic carbocycles. The Morgan fingerprint density at radius 3 is 2.52 bits per heavy atom. The second-order valence-corrected chi connectivity index (χ2v) is 9.43. The van der Waals surface area contributed by atoms with Crippen molar-refractivity contribution in [3.63, 3.8) is 0 Å². The molecule has 1 atom stereocenters. The fourth-order valence-electron chi connectivity index (χ4n) is 3.52. The van der Waals surface area contributed by atoms with Gasteiger partial charge in [0.2, 0.25) is 10.0 Å². The van der Waals surface area contributed by atoms with E-state index in [2.05, 4.69) is 12.2 Å². The number of ether oxygens (including phenoxy) is 1. The number of rotatable bonds is 6. The van der Waals surface area contributed by atoms with Crippen molar-refractivity contribution in [2.24, 2.45) is 0 Å². The zero-order valence-electron chi connectivity index (χ0n) is 15.9. The van der Waals surface area contributed by atoms with Gasteiger partial charge in [0.15, 0.2) is 5.11 Å². The lowest BCUT2D eigenvalue weighted by Crippen LogP contribution is -2.53. The minimum atomic E-state index is -3.45. The molecule has 27 heavy (non-hydrogen) atoms. The number of sulfonamides is 1. The van der Waals surface area contributed by atoms with Crippen molar-refractivity contribution < 1.29 is 13.2 Å². The molecule has 2 aliphatic rings. The monoisotopic (exact) mass is 411 g/mol. The highest BCUT2D eigenvalue weighted by Crippen LogP contribution is 2.19. The molecular formula is C19H29N3O3S2. The molecule has 150 valence electrons. The molecular weight excluding hydrogens is 382 g/mol. The van der Waals surface area contributed by atoms with Crippen LogP contribution in [0.15, 0.2) is 29.2 Å². The summed E-state index contributed by atoms with van der Waals surface area (Å²) in [5, 5.41) is 3.95. The molecule has 0 spiro atoms. The van der Waals surface area contributed by atoms with Gasteiger partial charge in [-0.15, -0.1) is 0 Å². The Morgan fingerprint density at radius 1 is 1.22 bits per heavy atom. The van der Waals surface area contributed by atoms with Crippen molar-refractivity contribution >= 4 is 27.4 Å². The first kappa shape index (κ1) is 20.5. The van der Waals surface area contributed by atoms with Crippen LogP contribution in [0.4, 0.5) is 0 Å². The van der Waals surface area contributed by atoms with Gasteiger partial charge in [0.25, 0.3) is 0 Å². The number of hydrogen-bond donors (Lipinski definition) is 1. The van der Waals surface area contributed by atoms with Crippen LogP contribution in [-0.2, 0) is 21.2 Å². The summed E-state index contributed by atoms with van der Waals surface area (Å²) < 4.78 is 32.9. The third-order valence-corrected chi connectivity index (χ3v) is 7.45. The number of hydrogen-bond acceptors (Lipinski definition) is 4. The van der Waals surface area contributed by atoms with Crippen molar-refractivity contribution in [3.05, 3.63) is 29.8 Å². The summed E-state index contributed by atoms with van der Waals surface area (Å²) in [5.74, 6) is 0. The number of piperazine rings is 1. The predicted octanol–water partition coefficient (Wildman–Crippen LogP) is 2.00. The molecule has 0 radical (unpaired) electrons. The van der Waals surface area contributed by atoms with E-state index in [1.165, 1.54) is 5.56 Å². The quantitative estimate of drug-likeness (QED) is 0.723. The van der Waals surface area contributed by atoms with Gasteiger partial charge in [0.1, 0.15) is 0 Å². The molecule has 0 unspecified atom stereocenters. The Morgan fingerprint density at radius 2 is 1.93 bits per heavy atom. The minimum Gasteiger partial charge on any atom is -0.376 e. The summed E-state index contributed by atoms with van der Waals surface area (Å²) >= 11 is 5.46. The molecule has 0 amide bonds. The number of nitrogens with zero attached hydrogens (tertiary/aromatic N) is 2. The number of aryl methyl sites for hydroxylation is 1. The second kappa shape index (κ2) is 9.32. The average molecular weight is 412 g/mol. The molecule has 2 saturated heterocycles. The Balaban J connectivity index is 1.51. The summed E-state index contributed by atoms with van der Waals surface area (Å²) in [6.07, 6.45) is 4.43. The van der Waals surface area contributed by atoms with E-state index in [0.29, 0.717) is 36.2 Å². The summed E-state index contributed by atoms with van der Waals surface area (Å²) in [4.78, 5) is 2.41. The van der Waals surface area contributed by atoms with Gasteiger partial charge in [-0.3, -0.25) is 0 Å². The molecule has 0 aromatic heterocycles. The first-order valence-corrected chi connectivity index (χ1v) is 11.6. The van der Waals surface area contributed by atoms with E-state index < -0.39 is 10.0 Å². The van der Waals surface area contributed by atoms with E-state index in [1.54, 1.807) is 16.4 Å². The maximum atomic E-state index is 12.9. The van der Waals surface area contributed by atoms with Gasteiger partial charge in [0, 0.05) is 39.3 Å². The van der Waals surface area contributed by atoms with Crippen LogP contribution < -0.4 is 5.32 Å². The normalized spacial score (nSPS) is 21.4. The summed E-state index contributed by atoms with van der Waals surface area (Å²) in [5.41, 5.74) is 1.17. The van der Waals surface area contributed by atoms with Gasteiger partial charge in [-0.2, -0.15) is 4.31 Å². The van der Waals surface area contributed by atoms with Crippen LogP contribution in [0.25, 0.3) is 0 Å². The molecule has 1 aromatic rings. The van der Waals surface area contributed by atoms with Crippen LogP contribution in [0.3, 0.4) is 0 Å². The fourth-order valence-corrected chi connectivity index (χ4v) is 5.20. The van der Waals surface area contributed by atoms with Crippen molar-refractivity contribution in [2.75, 3.05) is 39.3 Å². The van der Waals surface area contributed by atoms with Crippen LogP contribution in [0.2, 0.25) is 0 Å². The number of nitrogens with one attached hydrogen (secondary N) is 1. The Labute approximate surface area is 167 Å². The zero-order chi connectivity index (χ0) is 19.3. The third-order valence-electron chi connectivity index (χ3n) is 5.13. The molecule has 3 rings (SSSR count). The minimum absolute atomic E-state index is 0.236. The lowest BCUT2D eigenvalue weighted by atomic mass is 10.1. The van der Waals surface area contributed by atoms with Crippen LogP contribution in [0, 0.1) is 0 Å². The zero-order valence-corrected chi connectivity index (χ0v) is 17.5. The van der Waals surface area contributed by atoms with Gasteiger partial charge in [-0.1, -0.05) is 25.5 Å². The first-order valence-electron chi connectivity index (χ1n) is 9.74. The molecule has 8 heteroatoms. The summed E-state index contributed by atoms with van der Waals surface area (Å²) in [6.45, 7) is 5.76. The van der Waals surface area contributed by atoms with Crippen LogP contribution in [0.1, 0.15) is 31.7 Å². The van der Waals surface area contributed by atoms with E-state index in [4.69, 9.17) is 17.0 Å². The Bertz CT molecular complexity index is 723. The molecule has 2 fully saturated rings. The SMILES string of the molecule is CCCc1ccc(S(=O)(=O)N2CCN(C(=S)NC[C@@H]3CCCO3)CC2)cc1. The van der Waals surface area contributed by atoms with Gasteiger partial charge in [0.05, 0.1) is 11.0 Å². The molecule has 2 heterocycles. The van der Waals surface area contributed by atoms with Crippen molar-refractivity contribution in [1.29, 1.82) is 0 Å². The highest BCUT2D eigenvalue weighted by Gasteiger charge is 2.29. The van der Waals surface area contributed by atoms with Crippen molar-refractivity contribution in [3.8, 4) is 0 Å². The standard InChI is InChI=1S/C19H29N3O3S2/c1-2-4-16-6-8-18(9-7-16)27(23,24)22-12-10-21(11-13-22)19(26)20-15-17-5-3-14-25-17/h6-9,17H,2-5,10-15H2,1H3,(H,20,26)/t17-/m0/s1. The second-order valence-electron chi connectivity index (χ2n) is 7.11. The van der Waals surface area contributed by atoms with Crippen LogP contribution in [0.5, 0.6) is 0 Å². The maximum Gasteiger partial charge on any atom is 0.243 e. The molecule has 2 aliphatic heterocycles. The highest BCUT2D eigenvalue weighted by atomic mass is 32.2.